The Balaban J connectivity index is 1.89. The van der Waals surface area contributed by atoms with E-state index in [0.29, 0.717) is 5.69 Å². The van der Waals surface area contributed by atoms with Gasteiger partial charge in [-0.1, -0.05) is 13.8 Å². The number of carbonyl (C=O) groups is 2. The third-order valence-corrected chi connectivity index (χ3v) is 3.64. The summed E-state index contributed by atoms with van der Waals surface area (Å²) in [5, 5.41) is 2.76. The van der Waals surface area contributed by atoms with Gasteiger partial charge in [0.2, 0.25) is 0 Å². The first-order valence-corrected chi connectivity index (χ1v) is 7.91. The number of esters is 1. The lowest BCUT2D eigenvalue weighted by atomic mass is 10.2. The molecule has 0 spiro atoms. The summed E-state index contributed by atoms with van der Waals surface area (Å²) >= 11 is 0. The molecule has 23 heavy (non-hydrogen) atoms. The minimum absolute atomic E-state index is 0.252. The maximum Gasteiger partial charge on any atom is 0.309 e. The van der Waals surface area contributed by atoms with Crippen LogP contribution in [0.25, 0.3) is 0 Å². The van der Waals surface area contributed by atoms with Crippen molar-refractivity contribution in [2.45, 2.75) is 26.9 Å². The standard InChI is InChI=1S/C17H24N2O4/c1-12(2)17(21)23-13(3)16(20)18-14-4-6-15(7-5-14)19-8-10-22-11-9-19/h4-7,12-13H,8-11H2,1-3H3,(H,18,20)/t13-/m1/s1. The van der Waals surface area contributed by atoms with Crippen LogP contribution in [-0.4, -0.2) is 44.3 Å². The zero-order valence-corrected chi connectivity index (χ0v) is 13.9. The van der Waals surface area contributed by atoms with Crippen LogP contribution < -0.4 is 10.2 Å². The Kier molecular flexibility index (Phi) is 5.98. The summed E-state index contributed by atoms with van der Waals surface area (Å²) in [7, 11) is 0. The van der Waals surface area contributed by atoms with Crippen molar-refractivity contribution in [3.05, 3.63) is 24.3 Å². The van der Waals surface area contributed by atoms with E-state index in [1.54, 1.807) is 20.8 Å². The molecule has 1 aromatic carbocycles. The van der Waals surface area contributed by atoms with Crippen LogP contribution in [0.2, 0.25) is 0 Å². The van der Waals surface area contributed by atoms with Gasteiger partial charge in [0.25, 0.3) is 5.91 Å². The van der Waals surface area contributed by atoms with E-state index in [-0.39, 0.29) is 17.8 Å². The lowest BCUT2D eigenvalue weighted by molar-refractivity contribution is -0.156. The van der Waals surface area contributed by atoms with E-state index in [1.807, 2.05) is 24.3 Å². The SMILES string of the molecule is CC(C)C(=O)O[C@H](C)C(=O)Nc1ccc(N2CCOCC2)cc1. The maximum atomic E-state index is 12.0. The summed E-state index contributed by atoms with van der Waals surface area (Å²) in [6.45, 7) is 8.24. The highest BCUT2D eigenvalue weighted by Crippen LogP contribution is 2.19. The van der Waals surface area contributed by atoms with Gasteiger partial charge in [0, 0.05) is 24.5 Å². The fraction of sp³-hybridized carbons (Fsp3) is 0.529. The average Bonchev–Trinajstić information content (AvgIpc) is 2.56. The molecule has 1 heterocycles. The first kappa shape index (κ1) is 17.3. The number of anilines is 2. The molecule has 1 N–H and O–H groups in total. The third-order valence-electron chi connectivity index (χ3n) is 3.64. The zero-order valence-electron chi connectivity index (χ0n) is 13.9. The smallest absolute Gasteiger partial charge is 0.309 e. The fourth-order valence-electron chi connectivity index (χ4n) is 2.18. The third kappa shape index (κ3) is 4.96. The number of amides is 1. The van der Waals surface area contributed by atoms with Crippen LogP contribution in [0, 0.1) is 5.92 Å². The first-order chi connectivity index (χ1) is 11.0. The topological polar surface area (TPSA) is 67.9 Å². The Labute approximate surface area is 136 Å². The van der Waals surface area contributed by atoms with Crippen LogP contribution in [0.5, 0.6) is 0 Å². The van der Waals surface area contributed by atoms with Crippen LogP contribution in [0.15, 0.2) is 24.3 Å². The predicted octanol–water partition coefficient (Wildman–Crippen LogP) is 2.05. The van der Waals surface area contributed by atoms with Crippen LogP contribution in [0.3, 0.4) is 0 Å². The van der Waals surface area contributed by atoms with Gasteiger partial charge < -0.3 is 19.7 Å². The Morgan fingerprint density at radius 3 is 2.30 bits per heavy atom. The largest absolute Gasteiger partial charge is 0.452 e. The molecule has 126 valence electrons. The highest BCUT2D eigenvalue weighted by Gasteiger charge is 2.19. The van der Waals surface area contributed by atoms with Crippen molar-refractivity contribution in [3.63, 3.8) is 0 Å². The molecular weight excluding hydrogens is 296 g/mol. The number of hydrogen-bond donors (Lipinski definition) is 1. The number of benzene rings is 1. The number of rotatable bonds is 5. The van der Waals surface area contributed by atoms with Gasteiger partial charge in [0.1, 0.15) is 0 Å². The maximum absolute atomic E-state index is 12.0. The van der Waals surface area contributed by atoms with Crippen LogP contribution in [0.4, 0.5) is 11.4 Å². The minimum atomic E-state index is -0.816. The van der Waals surface area contributed by atoms with Gasteiger partial charge in [-0.3, -0.25) is 9.59 Å². The molecule has 0 bridgehead atoms. The summed E-state index contributed by atoms with van der Waals surface area (Å²) < 4.78 is 10.4. The van der Waals surface area contributed by atoms with E-state index in [0.717, 1.165) is 32.0 Å². The summed E-state index contributed by atoms with van der Waals surface area (Å²) in [5.74, 6) is -0.966. The van der Waals surface area contributed by atoms with E-state index in [1.165, 1.54) is 0 Å². The van der Waals surface area contributed by atoms with Crippen molar-refractivity contribution in [1.82, 2.24) is 0 Å². The predicted molar refractivity (Wildman–Crippen MR) is 88.5 cm³/mol. The molecule has 0 aliphatic carbocycles. The number of morpholine rings is 1. The number of nitrogens with zero attached hydrogens (tertiary/aromatic N) is 1. The Bertz CT molecular complexity index is 536. The monoisotopic (exact) mass is 320 g/mol. The summed E-state index contributed by atoms with van der Waals surface area (Å²) in [5.41, 5.74) is 1.78. The van der Waals surface area contributed by atoms with Crippen molar-refractivity contribution in [2.24, 2.45) is 5.92 Å². The molecule has 0 unspecified atom stereocenters. The van der Waals surface area contributed by atoms with Crippen LogP contribution >= 0.6 is 0 Å². The number of hydrogen-bond acceptors (Lipinski definition) is 5. The van der Waals surface area contributed by atoms with Gasteiger partial charge >= 0.3 is 5.97 Å². The van der Waals surface area contributed by atoms with Crippen molar-refractivity contribution in [3.8, 4) is 0 Å². The molecule has 2 rings (SSSR count). The molecule has 1 aromatic rings. The molecule has 0 radical (unpaired) electrons. The van der Waals surface area contributed by atoms with E-state index in [4.69, 9.17) is 9.47 Å². The minimum Gasteiger partial charge on any atom is -0.452 e. The van der Waals surface area contributed by atoms with E-state index >= 15 is 0 Å². The van der Waals surface area contributed by atoms with Crippen LogP contribution in [-0.2, 0) is 19.1 Å². The molecule has 1 amide bonds. The highest BCUT2D eigenvalue weighted by atomic mass is 16.5. The van der Waals surface area contributed by atoms with E-state index in [9.17, 15) is 9.59 Å². The fourth-order valence-corrected chi connectivity index (χ4v) is 2.18. The molecule has 1 atom stereocenters. The Morgan fingerprint density at radius 2 is 1.74 bits per heavy atom. The lowest BCUT2D eigenvalue weighted by Crippen LogP contribution is -2.36. The quantitative estimate of drug-likeness (QED) is 0.841. The van der Waals surface area contributed by atoms with Crippen molar-refractivity contribution in [1.29, 1.82) is 0 Å². The molecule has 0 saturated carbocycles. The van der Waals surface area contributed by atoms with E-state index in [2.05, 4.69) is 10.2 Å². The normalized spacial score (nSPS) is 16.1. The second-order valence-corrected chi connectivity index (χ2v) is 5.87. The van der Waals surface area contributed by atoms with Crippen LogP contribution in [0.1, 0.15) is 20.8 Å². The van der Waals surface area contributed by atoms with Gasteiger partial charge in [0.15, 0.2) is 6.10 Å². The van der Waals surface area contributed by atoms with Gasteiger partial charge in [-0.25, -0.2) is 0 Å². The van der Waals surface area contributed by atoms with Gasteiger partial charge in [0.05, 0.1) is 19.1 Å². The molecule has 1 saturated heterocycles. The molecule has 6 nitrogen and oxygen atoms in total. The summed E-state index contributed by atoms with van der Waals surface area (Å²) in [6, 6.07) is 7.62. The summed E-state index contributed by atoms with van der Waals surface area (Å²) in [4.78, 5) is 25.8. The van der Waals surface area contributed by atoms with Crippen molar-refractivity contribution >= 4 is 23.3 Å². The molecule has 1 aliphatic rings. The molecule has 1 fully saturated rings. The van der Waals surface area contributed by atoms with Gasteiger partial charge in [-0.05, 0) is 31.2 Å². The number of carbonyl (C=O) groups excluding carboxylic acids is 2. The van der Waals surface area contributed by atoms with Gasteiger partial charge in [-0.15, -0.1) is 0 Å². The zero-order chi connectivity index (χ0) is 16.8. The molecule has 1 aliphatic heterocycles. The summed E-state index contributed by atoms with van der Waals surface area (Å²) in [6.07, 6.45) is -0.816. The van der Waals surface area contributed by atoms with Crippen molar-refractivity contribution < 1.29 is 19.1 Å². The average molecular weight is 320 g/mol. The molecule has 6 heteroatoms. The second kappa shape index (κ2) is 7.97. The molecular formula is C17H24N2O4. The lowest BCUT2D eigenvalue weighted by Gasteiger charge is -2.28. The Morgan fingerprint density at radius 1 is 1.13 bits per heavy atom. The Hall–Kier alpha value is -2.08. The molecule has 0 aromatic heterocycles. The van der Waals surface area contributed by atoms with E-state index < -0.39 is 6.10 Å². The highest BCUT2D eigenvalue weighted by molar-refractivity contribution is 5.95. The number of ether oxygens (including phenoxy) is 2. The number of nitrogens with one attached hydrogen (secondary N) is 1. The van der Waals surface area contributed by atoms with Gasteiger partial charge in [-0.2, -0.15) is 0 Å². The first-order valence-electron chi connectivity index (χ1n) is 7.91. The van der Waals surface area contributed by atoms with Crippen molar-refractivity contribution in [2.75, 3.05) is 36.5 Å². The second-order valence-electron chi connectivity index (χ2n) is 5.87.